The van der Waals surface area contributed by atoms with Crippen LogP contribution in [0.2, 0.25) is 0 Å². The molecule has 1 N–H and O–H groups in total. The number of carbonyl (C=O) groups excluding carboxylic acids is 1. The molecule has 3 heteroatoms. The number of unbranched alkanes of at least 4 members (excludes halogenated alkanes) is 1. The van der Waals surface area contributed by atoms with Crippen LogP contribution in [0.1, 0.15) is 43.9 Å². The molecule has 0 aromatic heterocycles. The molecule has 0 bridgehead atoms. The molecule has 1 aromatic carbocycles. The van der Waals surface area contributed by atoms with Gasteiger partial charge in [0.15, 0.2) is 0 Å². The van der Waals surface area contributed by atoms with E-state index in [2.05, 4.69) is 38.2 Å². The lowest BCUT2D eigenvalue weighted by Gasteiger charge is -2.16. The van der Waals surface area contributed by atoms with Gasteiger partial charge in [-0.2, -0.15) is 0 Å². The Bertz CT molecular complexity index is 377. The largest absolute Gasteiger partial charge is 0.465 e. The summed E-state index contributed by atoms with van der Waals surface area (Å²) in [5.74, 6) is -0.177. The van der Waals surface area contributed by atoms with E-state index in [0.29, 0.717) is 6.61 Å². The first-order valence-corrected chi connectivity index (χ1v) is 6.59. The van der Waals surface area contributed by atoms with Gasteiger partial charge in [0.1, 0.15) is 0 Å². The highest BCUT2D eigenvalue weighted by molar-refractivity contribution is 5.71. The molecule has 0 saturated carbocycles. The first kappa shape index (κ1) is 14.7. The maximum Gasteiger partial charge on any atom is 0.319 e. The quantitative estimate of drug-likeness (QED) is 0.596. The summed E-state index contributed by atoms with van der Waals surface area (Å²) in [6.07, 6.45) is 1.97. The van der Waals surface area contributed by atoms with Gasteiger partial charge >= 0.3 is 5.97 Å². The second-order valence-corrected chi connectivity index (χ2v) is 4.53. The highest BCUT2D eigenvalue weighted by Gasteiger charge is 2.09. The molecular weight excluding hydrogens is 226 g/mol. The van der Waals surface area contributed by atoms with E-state index in [1.165, 1.54) is 11.1 Å². The number of rotatable bonds is 7. The van der Waals surface area contributed by atoms with E-state index in [-0.39, 0.29) is 18.6 Å². The zero-order chi connectivity index (χ0) is 13.4. The Morgan fingerprint density at radius 1 is 1.39 bits per heavy atom. The second kappa shape index (κ2) is 7.88. The summed E-state index contributed by atoms with van der Waals surface area (Å²) in [6.45, 7) is 7.00. The van der Waals surface area contributed by atoms with E-state index in [1.54, 1.807) is 0 Å². The molecule has 1 atom stereocenters. The SMILES string of the molecule is CCCCOC(=O)CN[C@H](C)c1ccccc1C. The van der Waals surface area contributed by atoms with Crippen molar-refractivity contribution in [2.75, 3.05) is 13.2 Å². The van der Waals surface area contributed by atoms with Crippen LogP contribution >= 0.6 is 0 Å². The average molecular weight is 249 g/mol. The molecular formula is C15H23NO2. The summed E-state index contributed by atoms with van der Waals surface area (Å²) < 4.78 is 5.10. The van der Waals surface area contributed by atoms with E-state index in [0.717, 1.165) is 12.8 Å². The molecule has 0 amide bonds. The summed E-state index contributed by atoms with van der Waals surface area (Å²) in [7, 11) is 0. The van der Waals surface area contributed by atoms with Gasteiger partial charge in [-0.1, -0.05) is 37.6 Å². The van der Waals surface area contributed by atoms with Gasteiger partial charge < -0.3 is 10.1 Å². The monoisotopic (exact) mass is 249 g/mol. The third-order valence-electron chi connectivity index (χ3n) is 2.97. The molecule has 0 aliphatic rings. The Kier molecular flexibility index (Phi) is 6.44. The van der Waals surface area contributed by atoms with Crippen molar-refractivity contribution in [1.29, 1.82) is 0 Å². The lowest BCUT2D eigenvalue weighted by molar-refractivity contribution is -0.142. The minimum absolute atomic E-state index is 0.157. The van der Waals surface area contributed by atoms with Crippen LogP contribution in [0, 0.1) is 6.92 Å². The lowest BCUT2D eigenvalue weighted by atomic mass is 10.0. The number of carbonyl (C=O) groups is 1. The van der Waals surface area contributed by atoms with Crippen LogP contribution in [-0.4, -0.2) is 19.1 Å². The fourth-order valence-electron chi connectivity index (χ4n) is 1.80. The summed E-state index contributed by atoms with van der Waals surface area (Å²) >= 11 is 0. The fourth-order valence-corrected chi connectivity index (χ4v) is 1.80. The summed E-state index contributed by atoms with van der Waals surface area (Å²) in [5.41, 5.74) is 2.45. The zero-order valence-corrected chi connectivity index (χ0v) is 11.5. The molecule has 0 aliphatic carbocycles. The van der Waals surface area contributed by atoms with Crippen molar-refractivity contribution in [2.24, 2.45) is 0 Å². The van der Waals surface area contributed by atoms with Crippen molar-refractivity contribution < 1.29 is 9.53 Å². The van der Waals surface area contributed by atoms with Gasteiger partial charge in [-0.25, -0.2) is 0 Å². The molecule has 0 aliphatic heterocycles. The van der Waals surface area contributed by atoms with E-state index < -0.39 is 0 Å². The smallest absolute Gasteiger partial charge is 0.319 e. The highest BCUT2D eigenvalue weighted by atomic mass is 16.5. The predicted molar refractivity (Wildman–Crippen MR) is 73.5 cm³/mol. The number of nitrogens with one attached hydrogen (secondary N) is 1. The molecule has 0 unspecified atom stereocenters. The van der Waals surface area contributed by atoms with E-state index in [1.807, 2.05) is 12.1 Å². The molecule has 3 nitrogen and oxygen atoms in total. The Balaban J connectivity index is 2.35. The molecule has 1 aromatic rings. The second-order valence-electron chi connectivity index (χ2n) is 4.53. The van der Waals surface area contributed by atoms with Crippen LogP contribution in [0.15, 0.2) is 24.3 Å². The van der Waals surface area contributed by atoms with E-state index in [9.17, 15) is 4.79 Å². The molecule has 0 radical (unpaired) electrons. The topological polar surface area (TPSA) is 38.3 Å². The van der Waals surface area contributed by atoms with Crippen molar-refractivity contribution >= 4 is 5.97 Å². The van der Waals surface area contributed by atoms with E-state index in [4.69, 9.17) is 4.74 Å². The molecule has 0 heterocycles. The van der Waals surface area contributed by atoms with Crippen LogP contribution in [0.4, 0.5) is 0 Å². The van der Waals surface area contributed by atoms with Crippen molar-refractivity contribution in [3.63, 3.8) is 0 Å². The van der Waals surface area contributed by atoms with Crippen molar-refractivity contribution in [3.8, 4) is 0 Å². The van der Waals surface area contributed by atoms with Gasteiger partial charge in [0, 0.05) is 6.04 Å². The van der Waals surface area contributed by atoms with Crippen LogP contribution in [0.25, 0.3) is 0 Å². The molecule has 1 rings (SSSR count). The Morgan fingerprint density at radius 3 is 2.78 bits per heavy atom. The number of hydrogen-bond donors (Lipinski definition) is 1. The lowest BCUT2D eigenvalue weighted by Crippen LogP contribution is -2.27. The first-order valence-electron chi connectivity index (χ1n) is 6.59. The molecule has 18 heavy (non-hydrogen) atoms. The van der Waals surface area contributed by atoms with Gasteiger partial charge in [0.05, 0.1) is 13.2 Å². The van der Waals surface area contributed by atoms with Crippen molar-refractivity contribution in [3.05, 3.63) is 35.4 Å². The maximum atomic E-state index is 11.5. The van der Waals surface area contributed by atoms with Crippen LogP contribution in [0.5, 0.6) is 0 Å². The van der Waals surface area contributed by atoms with Crippen LogP contribution < -0.4 is 5.32 Å². The number of esters is 1. The molecule has 0 fully saturated rings. The van der Waals surface area contributed by atoms with Crippen LogP contribution in [0.3, 0.4) is 0 Å². The minimum Gasteiger partial charge on any atom is -0.465 e. The molecule has 0 spiro atoms. The van der Waals surface area contributed by atoms with Crippen LogP contribution in [-0.2, 0) is 9.53 Å². The van der Waals surface area contributed by atoms with Crippen molar-refractivity contribution in [2.45, 2.75) is 39.7 Å². The molecule has 100 valence electrons. The van der Waals surface area contributed by atoms with Crippen molar-refractivity contribution in [1.82, 2.24) is 5.32 Å². The summed E-state index contributed by atoms with van der Waals surface area (Å²) in [6, 6.07) is 8.34. The maximum absolute atomic E-state index is 11.5. The normalized spacial score (nSPS) is 12.2. The van der Waals surface area contributed by atoms with Gasteiger partial charge in [-0.15, -0.1) is 0 Å². The summed E-state index contributed by atoms with van der Waals surface area (Å²) in [4.78, 5) is 11.5. The Labute approximate surface area is 110 Å². The minimum atomic E-state index is -0.177. The zero-order valence-electron chi connectivity index (χ0n) is 11.5. The number of benzene rings is 1. The van der Waals surface area contributed by atoms with Gasteiger partial charge in [-0.3, -0.25) is 4.79 Å². The fraction of sp³-hybridized carbons (Fsp3) is 0.533. The average Bonchev–Trinajstić information content (AvgIpc) is 2.37. The van der Waals surface area contributed by atoms with Gasteiger partial charge in [-0.05, 0) is 31.4 Å². The number of aryl methyl sites for hydroxylation is 1. The van der Waals surface area contributed by atoms with Gasteiger partial charge in [0.2, 0.25) is 0 Å². The molecule has 0 saturated heterocycles. The Morgan fingerprint density at radius 2 is 2.11 bits per heavy atom. The number of hydrogen-bond acceptors (Lipinski definition) is 3. The number of ether oxygens (including phenoxy) is 1. The Hall–Kier alpha value is -1.35. The van der Waals surface area contributed by atoms with Gasteiger partial charge in [0.25, 0.3) is 0 Å². The third-order valence-corrected chi connectivity index (χ3v) is 2.97. The predicted octanol–water partition coefficient (Wildman–Crippen LogP) is 2.99. The highest BCUT2D eigenvalue weighted by Crippen LogP contribution is 2.16. The van der Waals surface area contributed by atoms with E-state index >= 15 is 0 Å². The first-order chi connectivity index (χ1) is 8.65. The standard InChI is InChI=1S/C15H23NO2/c1-4-5-10-18-15(17)11-16-13(3)14-9-7-6-8-12(14)2/h6-9,13,16H,4-5,10-11H2,1-3H3/t13-/m1/s1. The third kappa shape index (κ3) is 4.88. The summed E-state index contributed by atoms with van der Waals surface area (Å²) in [5, 5.41) is 3.19.